The topological polar surface area (TPSA) is 136 Å². The van der Waals surface area contributed by atoms with Gasteiger partial charge in [-0.05, 0) is 43.3 Å². The van der Waals surface area contributed by atoms with Crippen LogP contribution in [0, 0.1) is 0 Å². The zero-order valence-corrected chi connectivity index (χ0v) is 24.6. The second-order valence-electron chi connectivity index (χ2n) is 10.2. The lowest BCUT2D eigenvalue weighted by Gasteiger charge is -2.32. The molecule has 1 saturated heterocycles. The first-order valence-corrected chi connectivity index (χ1v) is 13.8. The second-order valence-corrected chi connectivity index (χ2v) is 10.2. The number of fused-ring (bicyclic) bond motifs is 1. The molecule has 0 atom stereocenters. The Bertz CT molecular complexity index is 1550. The summed E-state index contributed by atoms with van der Waals surface area (Å²) in [4.78, 5) is 42.1. The van der Waals surface area contributed by atoms with Gasteiger partial charge in [-0.2, -0.15) is 28.1 Å². The number of nitrogens with zero attached hydrogens (tertiary/aromatic N) is 6. The van der Waals surface area contributed by atoms with Crippen molar-refractivity contribution < 1.29 is 45.8 Å². The van der Waals surface area contributed by atoms with Gasteiger partial charge >= 0.3 is 18.5 Å². The summed E-state index contributed by atoms with van der Waals surface area (Å²) in [6, 6.07) is 11.1. The fourth-order valence-corrected chi connectivity index (χ4v) is 4.64. The third-order valence-corrected chi connectivity index (χ3v) is 6.98. The van der Waals surface area contributed by atoms with Gasteiger partial charge in [0.25, 0.3) is 5.91 Å². The summed E-state index contributed by atoms with van der Waals surface area (Å²) in [5.74, 6) is -1.87. The third kappa shape index (κ3) is 8.86. The standard InChI is InChI=1S/C26H29F3N8O2.C2HF3O2/c1-30-23-32-24(36-13-11-35(2)12-14-36)34-25(33-23)37-10-9-17-15-18(7-8-20(17)37)22(38)31-16-19-5-3-4-6-21(19)39-26(27,28)29;3-2(4,5)1(6)7/h3-8,15H,9-14,16H2,1-2H3,(H,31,38)(H,30,32,33,34);(H,6,7). The van der Waals surface area contributed by atoms with Crippen molar-refractivity contribution in [1.29, 1.82) is 0 Å². The van der Waals surface area contributed by atoms with Crippen molar-refractivity contribution in [2.75, 3.05) is 61.9 Å². The molecule has 2 aliphatic heterocycles. The summed E-state index contributed by atoms with van der Waals surface area (Å²) in [5.41, 5.74) is 2.49. The van der Waals surface area contributed by atoms with Crippen molar-refractivity contribution in [2.24, 2.45) is 0 Å². The number of carbonyl (C=O) groups excluding carboxylic acids is 1. The minimum atomic E-state index is -5.08. The van der Waals surface area contributed by atoms with E-state index in [9.17, 15) is 31.1 Å². The van der Waals surface area contributed by atoms with Crippen molar-refractivity contribution in [1.82, 2.24) is 25.2 Å². The van der Waals surface area contributed by atoms with Gasteiger partial charge in [-0.15, -0.1) is 13.2 Å². The molecule has 0 saturated carbocycles. The van der Waals surface area contributed by atoms with Gasteiger partial charge in [-0.1, -0.05) is 18.2 Å². The van der Waals surface area contributed by atoms with E-state index in [1.807, 2.05) is 11.0 Å². The first-order chi connectivity index (χ1) is 21.6. The number of halogens is 6. The van der Waals surface area contributed by atoms with Crippen LogP contribution in [-0.2, 0) is 17.8 Å². The number of aliphatic carboxylic acids is 1. The number of para-hydroxylation sites is 1. The summed E-state index contributed by atoms with van der Waals surface area (Å²) in [6.45, 7) is 4.03. The Balaban J connectivity index is 0.000000617. The highest BCUT2D eigenvalue weighted by Gasteiger charge is 2.38. The number of rotatable bonds is 7. The summed E-state index contributed by atoms with van der Waals surface area (Å²) in [5, 5.41) is 12.8. The summed E-state index contributed by atoms with van der Waals surface area (Å²) < 4.78 is 73.9. The number of aromatic nitrogens is 3. The second kappa shape index (κ2) is 14.1. The van der Waals surface area contributed by atoms with Gasteiger partial charge in [-0.3, -0.25) is 4.79 Å². The summed E-state index contributed by atoms with van der Waals surface area (Å²) >= 11 is 0. The Morgan fingerprint density at radius 2 is 1.59 bits per heavy atom. The third-order valence-electron chi connectivity index (χ3n) is 6.98. The molecule has 0 spiro atoms. The van der Waals surface area contributed by atoms with E-state index in [4.69, 9.17) is 14.9 Å². The van der Waals surface area contributed by atoms with Crippen molar-refractivity contribution in [3.8, 4) is 5.75 Å². The molecule has 1 amide bonds. The highest BCUT2D eigenvalue weighted by Crippen LogP contribution is 2.34. The molecule has 0 aliphatic carbocycles. The monoisotopic (exact) mass is 656 g/mol. The molecule has 0 unspecified atom stereocenters. The molecule has 18 heteroatoms. The maximum absolute atomic E-state index is 12.9. The number of hydrogen-bond donors (Lipinski definition) is 3. The van der Waals surface area contributed by atoms with Crippen molar-refractivity contribution in [3.05, 3.63) is 59.2 Å². The molecule has 1 aromatic heterocycles. The van der Waals surface area contributed by atoms with E-state index < -0.39 is 24.4 Å². The molecule has 0 bridgehead atoms. The molecule has 12 nitrogen and oxygen atoms in total. The molecular formula is C28H30F6N8O4. The van der Waals surface area contributed by atoms with Crippen LogP contribution in [0.15, 0.2) is 42.5 Å². The Hall–Kier alpha value is -4.87. The molecule has 3 heterocycles. The van der Waals surface area contributed by atoms with E-state index in [2.05, 4.69) is 42.2 Å². The SMILES string of the molecule is CNc1nc(N2CCN(C)CC2)nc(N2CCc3cc(C(=O)NCc4ccccc4OC(F)(F)F)ccc32)n1.O=C(O)C(F)(F)F. The highest BCUT2D eigenvalue weighted by atomic mass is 19.4. The quantitative estimate of drug-likeness (QED) is 0.321. The molecule has 3 aromatic rings. The van der Waals surface area contributed by atoms with Gasteiger partial charge in [-0.25, -0.2) is 4.79 Å². The number of piperazine rings is 1. The lowest BCUT2D eigenvalue weighted by atomic mass is 10.1. The number of hydrogen-bond acceptors (Lipinski definition) is 10. The minimum absolute atomic E-state index is 0.110. The van der Waals surface area contributed by atoms with Gasteiger partial charge in [0.15, 0.2) is 0 Å². The minimum Gasteiger partial charge on any atom is -0.475 e. The van der Waals surface area contributed by atoms with Crippen LogP contribution in [0.3, 0.4) is 0 Å². The highest BCUT2D eigenvalue weighted by molar-refractivity contribution is 5.95. The zero-order chi connectivity index (χ0) is 33.6. The van der Waals surface area contributed by atoms with Crippen LogP contribution < -0.4 is 25.2 Å². The lowest BCUT2D eigenvalue weighted by Crippen LogP contribution is -2.45. The predicted molar refractivity (Wildman–Crippen MR) is 154 cm³/mol. The van der Waals surface area contributed by atoms with E-state index in [0.717, 1.165) is 37.4 Å². The average molecular weight is 657 g/mol. The van der Waals surface area contributed by atoms with Crippen molar-refractivity contribution >= 4 is 35.4 Å². The maximum Gasteiger partial charge on any atom is 0.573 e. The number of alkyl halides is 6. The van der Waals surface area contributed by atoms with Crippen molar-refractivity contribution in [2.45, 2.75) is 25.5 Å². The van der Waals surface area contributed by atoms with E-state index in [-0.39, 0.29) is 17.9 Å². The Morgan fingerprint density at radius 1 is 0.935 bits per heavy atom. The van der Waals surface area contributed by atoms with E-state index in [1.165, 1.54) is 18.2 Å². The molecule has 5 rings (SSSR count). The van der Waals surface area contributed by atoms with E-state index in [0.29, 0.717) is 36.4 Å². The van der Waals surface area contributed by atoms with Crippen LogP contribution in [0.5, 0.6) is 5.75 Å². The lowest BCUT2D eigenvalue weighted by molar-refractivity contribution is -0.274. The fraction of sp³-hybridized carbons (Fsp3) is 0.393. The maximum atomic E-state index is 12.9. The normalized spacial score (nSPS) is 15.0. The number of amides is 1. The molecule has 248 valence electrons. The van der Waals surface area contributed by atoms with Crippen molar-refractivity contribution in [3.63, 3.8) is 0 Å². The van der Waals surface area contributed by atoms with Gasteiger partial charge in [0, 0.05) is 63.1 Å². The van der Waals surface area contributed by atoms with Crippen LogP contribution in [0.2, 0.25) is 0 Å². The smallest absolute Gasteiger partial charge is 0.475 e. The Morgan fingerprint density at radius 3 is 2.22 bits per heavy atom. The molecule has 2 aliphatic rings. The van der Waals surface area contributed by atoms with E-state index in [1.54, 1.807) is 25.2 Å². The number of carbonyl (C=O) groups is 2. The van der Waals surface area contributed by atoms with Crippen LogP contribution >= 0.6 is 0 Å². The Labute approximate surface area is 259 Å². The number of carboxylic acids is 1. The number of nitrogens with one attached hydrogen (secondary N) is 2. The van der Waals surface area contributed by atoms with Gasteiger partial charge in [0.1, 0.15) is 5.75 Å². The molecule has 0 radical (unpaired) electrons. The average Bonchev–Trinajstić information content (AvgIpc) is 3.43. The van der Waals surface area contributed by atoms with Crippen LogP contribution in [0.4, 0.5) is 49.9 Å². The van der Waals surface area contributed by atoms with Gasteiger partial charge in [0.2, 0.25) is 17.8 Å². The zero-order valence-electron chi connectivity index (χ0n) is 24.6. The van der Waals surface area contributed by atoms with Gasteiger partial charge in [0.05, 0.1) is 0 Å². The van der Waals surface area contributed by atoms with Crippen LogP contribution in [0.1, 0.15) is 21.5 Å². The Kier molecular flexibility index (Phi) is 10.4. The fourth-order valence-electron chi connectivity index (χ4n) is 4.64. The van der Waals surface area contributed by atoms with Gasteiger partial charge < -0.3 is 35.2 Å². The molecular weight excluding hydrogens is 626 g/mol. The number of likely N-dealkylation sites (N-methyl/N-ethyl adjacent to an activating group) is 1. The number of carboxylic acid groups (broad SMARTS) is 1. The first kappa shape index (κ1) is 34.0. The first-order valence-electron chi connectivity index (χ1n) is 13.8. The number of ether oxygens (including phenoxy) is 1. The largest absolute Gasteiger partial charge is 0.573 e. The predicted octanol–water partition coefficient (Wildman–Crippen LogP) is 3.82. The van der Waals surface area contributed by atoms with Crippen LogP contribution in [0.25, 0.3) is 0 Å². The summed E-state index contributed by atoms with van der Waals surface area (Å²) in [7, 11) is 3.86. The molecule has 2 aromatic carbocycles. The van der Waals surface area contributed by atoms with Crippen LogP contribution in [-0.4, -0.2) is 96.2 Å². The molecule has 46 heavy (non-hydrogen) atoms. The molecule has 3 N–H and O–H groups in total. The summed E-state index contributed by atoms with van der Waals surface area (Å²) in [6.07, 6.45) is -9.22. The van der Waals surface area contributed by atoms with E-state index >= 15 is 0 Å². The molecule has 1 fully saturated rings. The number of anilines is 4. The number of benzene rings is 2.